The average molecular weight is 358 g/mol. The van der Waals surface area contributed by atoms with E-state index in [4.69, 9.17) is 5.73 Å². The van der Waals surface area contributed by atoms with Crippen molar-refractivity contribution in [3.05, 3.63) is 24.3 Å². The van der Waals surface area contributed by atoms with E-state index in [2.05, 4.69) is 5.32 Å². The largest absolute Gasteiger partial charge is 0.348 e. The van der Waals surface area contributed by atoms with Crippen molar-refractivity contribution in [1.82, 2.24) is 5.32 Å². The molecule has 0 atom stereocenters. The summed E-state index contributed by atoms with van der Waals surface area (Å²) in [6, 6.07) is 7.67. The molecule has 1 aliphatic rings. The van der Waals surface area contributed by atoms with Crippen molar-refractivity contribution in [2.24, 2.45) is 5.73 Å². The van der Waals surface area contributed by atoms with Crippen molar-refractivity contribution >= 4 is 41.7 Å². The van der Waals surface area contributed by atoms with Gasteiger partial charge >= 0.3 is 0 Å². The van der Waals surface area contributed by atoms with Crippen LogP contribution >= 0.6 is 24.2 Å². The third-order valence-electron chi connectivity index (χ3n) is 4.26. The summed E-state index contributed by atoms with van der Waals surface area (Å²) in [5.74, 6) is 0.169. The van der Waals surface area contributed by atoms with Crippen molar-refractivity contribution in [3.63, 3.8) is 0 Å². The lowest BCUT2D eigenvalue weighted by Crippen LogP contribution is -2.56. The summed E-state index contributed by atoms with van der Waals surface area (Å²) in [4.78, 5) is 27.2. The maximum Gasteiger partial charge on any atom is 0.240 e. The van der Waals surface area contributed by atoms with Gasteiger partial charge < -0.3 is 16.0 Å². The van der Waals surface area contributed by atoms with Crippen LogP contribution in [0, 0.1) is 0 Å². The van der Waals surface area contributed by atoms with Gasteiger partial charge in [0.15, 0.2) is 0 Å². The van der Waals surface area contributed by atoms with E-state index in [0.29, 0.717) is 12.3 Å². The molecule has 128 valence electrons. The zero-order valence-corrected chi connectivity index (χ0v) is 15.1. The van der Waals surface area contributed by atoms with Crippen LogP contribution in [0.25, 0.3) is 0 Å². The molecule has 1 aromatic rings. The van der Waals surface area contributed by atoms with Gasteiger partial charge in [-0.2, -0.15) is 0 Å². The number of anilines is 1. The molecule has 0 saturated heterocycles. The number of thioether (sulfide) groups is 1. The Morgan fingerprint density at radius 1 is 1.35 bits per heavy atom. The molecule has 0 spiro atoms. The van der Waals surface area contributed by atoms with Gasteiger partial charge in [-0.05, 0) is 25.0 Å². The van der Waals surface area contributed by atoms with Crippen molar-refractivity contribution in [3.8, 4) is 0 Å². The summed E-state index contributed by atoms with van der Waals surface area (Å²) in [5.41, 5.74) is 6.24. The standard InChI is InChI=1S/C16H23N3O2S.ClH/c1-3-16(4-2,11-17)18-14(20)9-19-12-7-5-6-8-13(12)22-10-15(19)21;/h5-8H,3-4,9-11,17H2,1-2H3,(H,18,20);1H. The molecule has 3 N–H and O–H groups in total. The number of nitrogens with one attached hydrogen (secondary N) is 1. The zero-order chi connectivity index (χ0) is 16.2. The fraction of sp³-hybridized carbons (Fsp3) is 0.500. The Hall–Kier alpha value is -1.24. The Balaban J connectivity index is 0.00000264. The van der Waals surface area contributed by atoms with Crippen LogP contribution in [0.1, 0.15) is 26.7 Å². The first-order valence-corrected chi connectivity index (χ1v) is 8.57. The number of rotatable bonds is 6. The van der Waals surface area contributed by atoms with Gasteiger partial charge in [-0.1, -0.05) is 26.0 Å². The molecule has 1 aliphatic heterocycles. The second kappa shape index (κ2) is 8.57. The number of para-hydroxylation sites is 1. The topological polar surface area (TPSA) is 75.4 Å². The number of halogens is 1. The Labute approximate surface area is 147 Å². The van der Waals surface area contributed by atoms with E-state index < -0.39 is 0 Å². The molecule has 0 saturated carbocycles. The number of fused-ring (bicyclic) bond motifs is 1. The van der Waals surface area contributed by atoms with Crippen LogP contribution in [-0.4, -0.2) is 36.2 Å². The summed E-state index contributed by atoms with van der Waals surface area (Å²) >= 11 is 1.51. The number of hydrogen-bond donors (Lipinski definition) is 2. The zero-order valence-electron chi connectivity index (χ0n) is 13.5. The Morgan fingerprint density at radius 3 is 2.61 bits per heavy atom. The first kappa shape index (κ1) is 19.8. The molecule has 0 fully saturated rings. The molecule has 0 aliphatic carbocycles. The van der Waals surface area contributed by atoms with E-state index >= 15 is 0 Å². The molecule has 1 heterocycles. The quantitative estimate of drug-likeness (QED) is 0.818. The molecule has 0 aromatic heterocycles. The van der Waals surface area contributed by atoms with E-state index in [-0.39, 0.29) is 36.3 Å². The van der Waals surface area contributed by atoms with Crippen LogP contribution in [0.3, 0.4) is 0 Å². The molecule has 1 aromatic carbocycles. The minimum absolute atomic E-state index is 0. The van der Waals surface area contributed by atoms with Gasteiger partial charge in [0.2, 0.25) is 11.8 Å². The van der Waals surface area contributed by atoms with Crippen LogP contribution < -0.4 is 16.0 Å². The molecular formula is C16H24ClN3O2S. The number of amides is 2. The van der Waals surface area contributed by atoms with E-state index in [1.807, 2.05) is 38.1 Å². The van der Waals surface area contributed by atoms with E-state index in [1.165, 1.54) is 11.8 Å². The molecule has 2 rings (SSSR count). The second-order valence-electron chi connectivity index (χ2n) is 5.48. The summed E-state index contributed by atoms with van der Waals surface area (Å²) in [6.45, 7) is 4.45. The number of carbonyl (C=O) groups is 2. The highest BCUT2D eigenvalue weighted by Crippen LogP contribution is 2.34. The number of nitrogens with zero attached hydrogens (tertiary/aromatic N) is 1. The van der Waals surface area contributed by atoms with Gasteiger partial charge in [-0.15, -0.1) is 24.2 Å². The third kappa shape index (κ3) is 4.40. The van der Waals surface area contributed by atoms with Gasteiger partial charge in [-0.25, -0.2) is 0 Å². The Bertz CT molecular complexity index is 556. The smallest absolute Gasteiger partial charge is 0.240 e. The monoisotopic (exact) mass is 357 g/mol. The highest BCUT2D eigenvalue weighted by atomic mass is 35.5. The molecule has 23 heavy (non-hydrogen) atoms. The van der Waals surface area contributed by atoms with Crippen LogP contribution in [0.5, 0.6) is 0 Å². The van der Waals surface area contributed by atoms with Gasteiger partial charge in [0.1, 0.15) is 6.54 Å². The first-order chi connectivity index (χ1) is 10.5. The summed E-state index contributed by atoms with van der Waals surface area (Å²) < 4.78 is 0. The normalized spacial score (nSPS) is 14.0. The maximum atomic E-state index is 12.4. The van der Waals surface area contributed by atoms with Gasteiger partial charge in [0.05, 0.1) is 17.0 Å². The van der Waals surface area contributed by atoms with Gasteiger partial charge in [-0.3, -0.25) is 9.59 Å². The van der Waals surface area contributed by atoms with Crippen molar-refractivity contribution in [1.29, 1.82) is 0 Å². The number of carbonyl (C=O) groups excluding carboxylic acids is 2. The lowest BCUT2D eigenvalue weighted by Gasteiger charge is -2.34. The van der Waals surface area contributed by atoms with Crippen molar-refractivity contribution < 1.29 is 9.59 Å². The third-order valence-corrected chi connectivity index (χ3v) is 5.31. The van der Waals surface area contributed by atoms with Crippen LogP contribution in [-0.2, 0) is 9.59 Å². The minimum atomic E-state index is -0.385. The minimum Gasteiger partial charge on any atom is -0.348 e. The lowest BCUT2D eigenvalue weighted by molar-refractivity contribution is -0.124. The predicted molar refractivity (Wildman–Crippen MR) is 97.3 cm³/mol. The van der Waals surface area contributed by atoms with Crippen molar-refractivity contribution in [2.75, 3.05) is 23.7 Å². The fourth-order valence-electron chi connectivity index (χ4n) is 2.57. The maximum absolute atomic E-state index is 12.4. The Morgan fingerprint density at radius 2 is 2.00 bits per heavy atom. The van der Waals surface area contributed by atoms with Gasteiger partial charge in [0.25, 0.3) is 0 Å². The van der Waals surface area contributed by atoms with Crippen LogP contribution in [0.4, 0.5) is 5.69 Å². The first-order valence-electron chi connectivity index (χ1n) is 7.58. The number of benzene rings is 1. The van der Waals surface area contributed by atoms with E-state index in [0.717, 1.165) is 23.4 Å². The lowest BCUT2D eigenvalue weighted by atomic mass is 9.93. The Kier molecular flexibility index (Phi) is 7.38. The summed E-state index contributed by atoms with van der Waals surface area (Å²) in [5, 5.41) is 3.01. The molecule has 0 unspecified atom stereocenters. The molecule has 0 bridgehead atoms. The highest BCUT2D eigenvalue weighted by Gasteiger charge is 2.30. The highest BCUT2D eigenvalue weighted by molar-refractivity contribution is 8.00. The molecule has 0 radical (unpaired) electrons. The van der Waals surface area contributed by atoms with Crippen LogP contribution in [0.15, 0.2) is 29.2 Å². The number of hydrogen-bond acceptors (Lipinski definition) is 4. The predicted octanol–water partition coefficient (Wildman–Crippen LogP) is 2.18. The number of nitrogens with two attached hydrogens (primary N) is 1. The second-order valence-corrected chi connectivity index (χ2v) is 6.49. The average Bonchev–Trinajstić information content (AvgIpc) is 2.55. The summed E-state index contributed by atoms with van der Waals surface area (Å²) in [7, 11) is 0. The summed E-state index contributed by atoms with van der Waals surface area (Å²) in [6.07, 6.45) is 1.54. The van der Waals surface area contributed by atoms with Crippen molar-refractivity contribution in [2.45, 2.75) is 37.1 Å². The molecule has 7 heteroatoms. The van der Waals surface area contributed by atoms with Crippen LogP contribution in [0.2, 0.25) is 0 Å². The molecular weight excluding hydrogens is 334 g/mol. The fourth-order valence-corrected chi connectivity index (χ4v) is 3.51. The van der Waals surface area contributed by atoms with E-state index in [1.54, 1.807) is 4.90 Å². The molecule has 5 nitrogen and oxygen atoms in total. The van der Waals surface area contributed by atoms with Gasteiger partial charge in [0, 0.05) is 11.4 Å². The van der Waals surface area contributed by atoms with E-state index in [9.17, 15) is 9.59 Å². The molecule has 2 amide bonds. The SMILES string of the molecule is CCC(CC)(CN)NC(=O)CN1C(=O)CSc2ccccc21.Cl.